The van der Waals surface area contributed by atoms with Gasteiger partial charge in [-0.05, 0) is 106 Å². The van der Waals surface area contributed by atoms with E-state index in [1.54, 1.807) is 0 Å². The number of ether oxygens (including phenoxy) is 2. The molecule has 4 heteroatoms. The van der Waals surface area contributed by atoms with Crippen LogP contribution in [0.5, 0.6) is 11.5 Å². The van der Waals surface area contributed by atoms with E-state index < -0.39 is 5.60 Å². The number of fused-ring (bicyclic) bond motifs is 5. The molecule has 0 aromatic heterocycles. The van der Waals surface area contributed by atoms with Gasteiger partial charge in [0, 0.05) is 23.2 Å². The van der Waals surface area contributed by atoms with Gasteiger partial charge in [0.05, 0.1) is 0 Å². The fourth-order valence-corrected chi connectivity index (χ4v) is 7.74. The Balaban J connectivity index is 1.50. The number of benzene rings is 1. The zero-order valence-electron chi connectivity index (χ0n) is 22.1. The van der Waals surface area contributed by atoms with E-state index in [2.05, 4.69) is 51.7 Å². The van der Waals surface area contributed by atoms with E-state index >= 15 is 0 Å². The molecule has 0 unspecified atom stereocenters. The van der Waals surface area contributed by atoms with Crippen LogP contribution < -0.4 is 9.47 Å². The Morgan fingerprint density at radius 3 is 2.61 bits per heavy atom. The average Bonchev–Trinajstić information content (AvgIpc) is 3.12. The molecule has 0 amide bonds. The number of allylic oxidation sites excluding steroid dienone is 4. The maximum Gasteiger partial charge on any atom is 0.161 e. The van der Waals surface area contributed by atoms with Gasteiger partial charge in [-0.2, -0.15) is 0 Å². The predicted molar refractivity (Wildman–Crippen MR) is 140 cm³/mol. The number of carbonyl (C=O) groups excluding carboxylic acids is 1. The Morgan fingerprint density at radius 1 is 1.06 bits per heavy atom. The SMILES string of the molecule is CC(C)(C)C#C[C@]1(O)CC[C@H]2[C@@H]3CCC4=CC(=O)CCC4=C3[C@@H](c3ccc4c(c3)OCCO4)C[C@@]21C. The third-order valence-corrected chi connectivity index (χ3v) is 9.50. The Labute approximate surface area is 215 Å². The van der Waals surface area contributed by atoms with Crippen LogP contribution in [0.25, 0.3) is 0 Å². The van der Waals surface area contributed by atoms with Crippen molar-refractivity contribution in [1.29, 1.82) is 0 Å². The largest absolute Gasteiger partial charge is 0.486 e. The molecule has 1 aromatic rings. The van der Waals surface area contributed by atoms with Gasteiger partial charge in [-0.3, -0.25) is 4.79 Å². The van der Waals surface area contributed by atoms with E-state index in [0.717, 1.165) is 50.0 Å². The molecule has 190 valence electrons. The molecule has 0 bridgehead atoms. The van der Waals surface area contributed by atoms with Crippen molar-refractivity contribution in [3.63, 3.8) is 0 Å². The van der Waals surface area contributed by atoms with Gasteiger partial charge in [-0.15, -0.1) is 0 Å². The first-order valence-corrected chi connectivity index (χ1v) is 13.7. The topological polar surface area (TPSA) is 55.8 Å². The Hall–Kier alpha value is -2.51. The minimum atomic E-state index is -0.994. The van der Waals surface area contributed by atoms with Gasteiger partial charge >= 0.3 is 0 Å². The first-order chi connectivity index (χ1) is 17.1. The first-order valence-electron chi connectivity index (χ1n) is 13.7. The van der Waals surface area contributed by atoms with E-state index in [-0.39, 0.29) is 22.5 Å². The Morgan fingerprint density at radius 2 is 1.83 bits per heavy atom. The van der Waals surface area contributed by atoms with Crippen molar-refractivity contribution in [3.8, 4) is 23.3 Å². The summed E-state index contributed by atoms with van der Waals surface area (Å²) in [7, 11) is 0. The van der Waals surface area contributed by atoms with Gasteiger partial charge < -0.3 is 14.6 Å². The van der Waals surface area contributed by atoms with Crippen LogP contribution >= 0.6 is 0 Å². The van der Waals surface area contributed by atoms with Gasteiger partial charge in [0.25, 0.3) is 0 Å². The van der Waals surface area contributed by atoms with Crippen molar-refractivity contribution in [2.75, 3.05) is 13.2 Å². The van der Waals surface area contributed by atoms with E-state index in [1.807, 2.05) is 12.1 Å². The van der Waals surface area contributed by atoms with Crippen molar-refractivity contribution in [2.24, 2.45) is 22.7 Å². The highest BCUT2D eigenvalue weighted by Crippen LogP contribution is 2.66. The summed E-state index contributed by atoms with van der Waals surface area (Å²) in [5, 5.41) is 12.1. The van der Waals surface area contributed by atoms with Gasteiger partial charge in [0.15, 0.2) is 17.3 Å². The average molecular weight is 487 g/mol. The second-order valence-electron chi connectivity index (χ2n) is 12.8. The van der Waals surface area contributed by atoms with E-state index in [4.69, 9.17) is 9.47 Å². The number of ketones is 1. The second-order valence-corrected chi connectivity index (χ2v) is 12.8. The fraction of sp³-hybridized carbons (Fsp3) is 0.594. The maximum absolute atomic E-state index is 12.3. The highest BCUT2D eigenvalue weighted by Gasteiger charge is 2.62. The minimum Gasteiger partial charge on any atom is -0.486 e. The molecule has 4 nitrogen and oxygen atoms in total. The quantitative estimate of drug-likeness (QED) is 0.485. The lowest BCUT2D eigenvalue weighted by molar-refractivity contribution is -0.114. The van der Waals surface area contributed by atoms with Gasteiger partial charge in [0.2, 0.25) is 0 Å². The molecule has 6 rings (SSSR count). The predicted octanol–water partition coefficient (Wildman–Crippen LogP) is 6.14. The molecular formula is C32H38O4. The van der Waals surface area contributed by atoms with Crippen LogP contribution in [-0.4, -0.2) is 29.7 Å². The van der Waals surface area contributed by atoms with Crippen LogP contribution in [-0.2, 0) is 4.79 Å². The summed E-state index contributed by atoms with van der Waals surface area (Å²) in [5.74, 6) is 9.64. The monoisotopic (exact) mass is 486 g/mol. The summed E-state index contributed by atoms with van der Waals surface area (Å²) in [5.41, 5.74) is 3.97. The van der Waals surface area contributed by atoms with Crippen LogP contribution in [0.3, 0.4) is 0 Å². The highest BCUT2D eigenvalue weighted by atomic mass is 16.6. The molecule has 1 aliphatic heterocycles. The molecule has 1 heterocycles. The number of carbonyl (C=O) groups is 1. The molecular weight excluding hydrogens is 448 g/mol. The van der Waals surface area contributed by atoms with Crippen LogP contribution in [0.4, 0.5) is 0 Å². The van der Waals surface area contributed by atoms with Gasteiger partial charge in [-0.25, -0.2) is 0 Å². The van der Waals surface area contributed by atoms with Crippen molar-refractivity contribution >= 4 is 5.78 Å². The molecule has 0 spiro atoms. The van der Waals surface area contributed by atoms with Crippen LogP contribution in [0.1, 0.15) is 84.1 Å². The summed E-state index contributed by atoms with van der Waals surface area (Å²) >= 11 is 0. The van der Waals surface area contributed by atoms with E-state index in [9.17, 15) is 9.90 Å². The zero-order chi connectivity index (χ0) is 25.3. The zero-order valence-corrected chi connectivity index (χ0v) is 22.1. The van der Waals surface area contributed by atoms with Gasteiger partial charge in [0.1, 0.15) is 18.8 Å². The van der Waals surface area contributed by atoms with Crippen molar-refractivity contribution in [2.45, 2.75) is 84.2 Å². The molecule has 36 heavy (non-hydrogen) atoms. The number of hydrogen-bond donors (Lipinski definition) is 1. The highest BCUT2D eigenvalue weighted by molar-refractivity contribution is 5.93. The van der Waals surface area contributed by atoms with Crippen molar-refractivity contribution < 1.29 is 19.4 Å². The molecule has 1 N–H and O–H groups in total. The third-order valence-electron chi connectivity index (χ3n) is 9.50. The summed E-state index contributed by atoms with van der Waals surface area (Å²) < 4.78 is 11.8. The number of aliphatic hydroxyl groups is 1. The molecule has 0 saturated heterocycles. The lowest BCUT2D eigenvalue weighted by Gasteiger charge is -2.53. The number of rotatable bonds is 1. The Bertz CT molecular complexity index is 1230. The number of hydrogen-bond acceptors (Lipinski definition) is 4. The van der Waals surface area contributed by atoms with Crippen molar-refractivity contribution in [3.05, 3.63) is 46.6 Å². The molecule has 2 saturated carbocycles. The van der Waals surface area contributed by atoms with Crippen LogP contribution in [0, 0.1) is 34.5 Å². The standard InChI is InChI=1S/C32H38O4/c1-30(2,3)13-14-32(34)12-11-26-24-8-5-20-17-22(33)7-9-23(20)29(24)25(19-31(26,32)4)21-6-10-27-28(18-21)36-16-15-35-27/h6,10,17-18,24-26,34H,5,7-9,11-12,15-16,19H2,1-4H3/t24-,25+,26-,31-,32+/m0/s1. The van der Waals surface area contributed by atoms with Crippen LogP contribution in [0.15, 0.2) is 41.0 Å². The lowest BCUT2D eigenvalue weighted by atomic mass is 9.51. The third kappa shape index (κ3) is 3.74. The molecule has 4 aliphatic carbocycles. The minimum absolute atomic E-state index is 0.152. The second kappa shape index (κ2) is 8.25. The molecule has 0 radical (unpaired) electrons. The summed E-state index contributed by atoms with van der Waals surface area (Å²) in [6.45, 7) is 9.77. The lowest BCUT2D eigenvalue weighted by Crippen LogP contribution is -2.51. The fourth-order valence-electron chi connectivity index (χ4n) is 7.74. The molecule has 5 atom stereocenters. The van der Waals surface area contributed by atoms with Gasteiger partial charge in [-0.1, -0.05) is 30.4 Å². The summed E-state index contributed by atoms with van der Waals surface area (Å²) in [6, 6.07) is 6.39. The maximum atomic E-state index is 12.3. The summed E-state index contributed by atoms with van der Waals surface area (Å²) in [6.07, 6.45) is 7.94. The summed E-state index contributed by atoms with van der Waals surface area (Å²) in [4.78, 5) is 12.3. The molecule has 5 aliphatic rings. The van der Waals surface area contributed by atoms with Crippen LogP contribution in [0.2, 0.25) is 0 Å². The molecule has 1 aromatic carbocycles. The Kier molecular flexibility index (Phi) is 5.47. The molecule has 2 fully saturated rings. The first kappa shape index (κ1) is 23.9. The van der Waals surface area contributed by atoms with E-state index in [0.29, 0.717) is 31.5 Å². The smallest absolute Gasteiger partial charge is 0.161 e. The van der Waals surface area contributed by atoms with E-state index in [1.165, 1.54) is 22.3 Å². The normalized spacial score (nSPS) is 35.2. The van der Waals surface area contributed by atoms with Crippen molar-refractivity contribution in [1.82, 2.24) is 0 Å².